The van der Waals surface area contributed by atoms with Crippen LogP contribution in [0.5, 0.6) is 0 Å². The second-order valence-corrected chi connectivity index (χ2v) is 5.43. The molecule has 7 nitrogen and oxygen atoms in total. The van der Waals surface area contributed by atoms with Gasteiger partial charge in [-0.1, -0.05) is 13.8 Å². The molecule has 2 heterocycles. The molecule has 0 radical (unpaired) electrons. The van der Waals surface area contributed by atoms with Gasteiger partial charge in [-0.15, -0.1) is 0 Å². The third-order valence-electron chi connectivity index (χ3n) is 3.42. The van der Waals surface area contributed by atoms with E-state index in [-0.39, 0.29) is 6.10 Å². The Morgan fingerprint density at radius 2 is 2.10 bits per heavy atom. The molecule has 2 rings (SSSR count). The van der Waals surface area contributed by atoms with E-state index in [1.807, 2.05) is 19.0 Å². The summed E-state index contributed by atoms with van der Waals surface area (Å²) in [5.74, 6) is 2.05. The fourth-order valence-electron chi connectivity index (χ4n) is 2.16. The Balaban J connectivity index is 2.22. The highest BCUT2D eigenvalue weighted by Crippen LogP contribution is 2.18. The van der Waals surface area contributed by atoms with Crippen molar-refractivity contribution < 1.29 is 4.74 Å². The minimum atomic E-state index is 0.255. The number of aromatic nitrogens is 3. The summed E-state index contributed by atoms with van der Waals surface area (Å²) >= 11 is 0. The van der Waals surface area contributed by atoms with Gasteiger partial charge in [0.25, 0.3) is 0 Å². The van der Waals surface area contributed by atoms with E-state index in [4.69, 9.17) is 4.74 Å². The Morgan fingerprint density at radius 1 is 1.29 bits per heavy atom. The van der Waals surface area contributed by atoms with Crippen LogP contribution in [0.1, 0.15) is 26.7 Å². The van der Waals surface area contributed by atoms with E-state index >= 15 is 0 Å². The maximum atomic E-state index is 5.71. The number of morpholine rings is 1. The Bertz CT molecular complexity index is 453. The van der Waals surface area contributed by atoms with Gasteiger partial charge in [0.05, 0.1) is 12.7 Å². The van der Waals surface area contributed by atoms with Crippen molar-refractivity contribution >= 4 is 17.8 Å². The van der Waals surface area contributed by atoms with Gasteiger partial charge in [0.2, 0.25) is 17.8 Å². The smallest absolute Gasteiger partial charge is 0.232 e. The van der Waals surface area contributed by atoms with E-state index in [1.54, 1.807) is 0 Å². The molecule has 118 valence electrons. The summed E-state index contributed by atoms with van der Waals surface area (Å²) in [4.78, 5) is 17.6. The lowest BCUT2D eigenvalue weighted by molar-refractivity contribution is 0.0379. The first-order chi connectivity index (χ1) is 10.1. The van der Waals surface area contributed by atoms with Gasteiger partial charge < -0.3 is 19.9 Å². The molecule has 1 unspecified atom stereocenters. The van der Waals surface area contributed by atoms with Crippen molar-refractivity contribution in [1.82, 2.24) is 15.0 Å². The molecule has 1 saturated heterocycles. The molecule has 1 aliphatic heterocycles. The Labute approximate surface area is 126 Å². The van der Waals surface area contributed by atoms with Crippen LogP contribution in [0.15, 0.2) is 0 Å². The first-order valence-corrected chi connectivity index (χ1v) is 7.67. The molecular formula is C14H26N6O. The molecule has 1 N–H and O–H groups in total. The van der Waals surface area contributed by atoms with Crippen molar-refractivity contribution in [3.63, 3.8) is 0 Å². The number of rotatable bonds is 6. The zero-order chi connectivity index (χ0) is 15.2. The zero-order valence-corrected chi connectivity index (χ0v) is 13.5. The molecule has 0 spiro atoms. The maximum Gasteiger partial charge on any atom is 0.232 e. The molecule has 7 heteroatoms. The van der Waals surface area contributed by atoms with Crippen LogP contribution in [0.3, 0.4) is 0 Å². The summed E-state index contributed by atoms with van der Waals surface area (Å²) in [6.07, 6.45) is 2.29. The molecule has 1 fully saturated rings. The fourth-order valence-corrected chi connectivity index (χ4v) is 2.16. The van der Waals surface area contributed by atoms with Crippen LogP contribution < -0.4 is 15.1 Å². The Hall–Kier alpha value is -1.63. The minimum absolute atomic E-state index is 0.255. The van der Waals surface area contributed by atoms with Gasteiger partial charge in [0, 0.05) is 33.7 Å². The molecule has 1 aliphatic rings. The van der Waals surface area contributed by atoms with E-state index in [9.17, 15) is 0 Å². The SMILES string of the molecule is CCCNc1nc(N(C)C)nc(N2CCOC(CC)C2)n1. The quantitative estimate of drug-likeness (QED) is 0.850. The van der Waals surface area contributed by atoms with E-state index in [0.29, 0.717) is 11.9 Å². The second-order valence-electron chi connectivity index (χ2n) is 5.43. The number of ether oxygens (including phenoxy) is 1. The summed E-state index contributed by atoms with van der Waals surface area (Å²) in [6.45, 7) is 7.49. The average molecular weight is 294 g/mol. The van der Waals surface area contributed by atoms with Gasteiger partial charge in [0.1, 0.15) is 0 Å². The van der Waals surface area contributed by atoms with Crippen molar-refractivity contribution in [2.45, 2.75) is 32.8 Å². The van der Waals surface area contributed by atoms with Crippen LogP contribution in [0, 0.1) is 0 Å². The zero-order valence-electron chi connectivity index (χ0n) is 13.5. The predicted molar refractivity (Wildman–Crippen MR) is 85.2 cm³/mol. The van der Waals surface area contributed by atoms with Gasteiger partial charge in [-0.05, 0) is 12.8 Å². The average Bonchev–Trinajstić information content (AvgIpc) is 2.52. The van der Waals surface area contributed by atoms with Crippen LogP contribution in [0.2, 0.25) is 0 Å². The molecule has 0 aromatic carbocycles. The normalized spacial score (nSPS) is 18.7. The second kappa shape index (κ2) is 7.40. The molecule has 0 bridgehead atoms. The third-order valence-corrected chi connectivity index (χ3v) is 3.42. The number of nitrogens with one attached hydrogen (secondary N) is 1. The lowest BCUT2D eigenvalue weighted by atomic mass is 10.2. The van der Waals surface area contributed by atoms with E-state index in [0.717, 1.165) is 45.0 Å². The van der Waals surface area contributed by atoms with Crippen molar-refractivity contribution in [2.24, 2.45) is 0 Å². The lowest BCUT2D eigenvalue weighted by Crippen LogP contribution is -2.43. The van der Waals surface area contributed by atoms with Crippen molar-refractivity contribution in [3.05, 3.63) is 0 Å². The highest BCUT2D eigenvalue weighted by molar-refractivity contribution is 5.44. The molecule has 21 heavy (non-hydrogen) atoms. The Morgan fingerprint density at radius 3 is 2.76 bits per heavy atom. The summed E-state index contributed by atoms with van der Waals surface area (Å²) in [6, 6.07) is 0. The fraction of sp³-hybridized carbons (Fsp3) is 0.786. The molecule has 1 aromatic heterocycles. The summed E-state index contributed by atoms with van der Waals surface area (Å²) in [5, 5.41) is 3.25. The first kappa shape index (κ1) is 15.8. The van der Waals surface area contributed by atoms with Crippen molar-refractivity contribution in [3.8, 4) is 0 Å². The standard InChI is InChI=1S/C14H26N6O/c1-5-7-15-12-16-13(19(3)4)18-14(17-12)20-8-9-21-11(6-2)10-20/h11H,5-10H2,1-4H3,(H,15,16,17,18). The number of hydrogen-bond donors (Lipinski definition) is 1. The molecule has 0 amide bonds. The summed E-state index contributed by atoms with van der Waals surface area (Å²) in [5.41, 5.74) is 0. The van der Waals surface area contributed by atoms with Crippen molar-refractivity contribution in [1.29, 1.82) is 0 Å². The number of hydrogen-bond acceptors (Lipinski definition) is 7. The van der Waals surface area contributed by atoms with Crippen LogP contribution in [0.25, 0.3) is 0 Å². The van der Waals surface area contributed by atoms with E-state index < -0.39 is 0 Å². The maximum absolute atomic E-state index is 5.71. The van der Waals surface area contributed by atoms with Gasteiger partial charge in [-0.2, -0.15) is 15.0 Å². The first-order valence-electron chi connectivity index (χ1n) is 7.67. The van der Waals surface area contributed by atoms with Gasteiger partial charge >= 0.3 is 0 Å². The topological polar surface area (TPSA) is 66.4 Å². The molecule has 0 aliphatic carbocycles. The van der Waals surface area contributed by atoms with Crippen LogP contribution in [0.4, 0.5) is 17.8 Å². The number of anilines is 3. The Kier molecular flexibility index (Phi) is 5.55. The molecule has 0 saturated carbocycles. The van der Waals surface area contributed by atoms with Crippen molar-refractivity contribution in [2.75, 3.05) is 55.5 Å². The highest BCUT2D eigenvalue weighted by atomic mass is 16.5. The molecule has 1 aromatic rings. The largest absolute Gasteiger partial charge is 0.375 e. The summed E-state index contributed by atoms with van der Waals surface area (Å²) in [7, 11) is 3.88. The van der Waals surface area contributed by atoms with Crippen LogP contribution >= 0.6 is 0 Å². The molecule has 1 atom stereocenters. The minimum Gasteiger partial charge on any atom is -0.375 e. The number of nitrogens with zero attached hydrogens (tertiary/aromatic N) is 5. The van der Waals surface area contributed by atoms with Crippen LogP contribution in [-0.2, 0) is 4.74 Å². The molecular weight excluding hydrogens is 268 g/mol. The van der Waals surface area contributed by atoms with Gasteiger partial charge in [-0.25, -0.2) is 0 Å². The third kappa shape index (κ3) is 4.17. The summed E-state index contributed by atoms with van der Waals surface area (Å²) < 4.78 is 5.71. The predicted octanol–water partition coefficient (Wildman–Crippen LogP) is 1.37. The van der Waals surface area contributed by atoms with Gasteiger partial charge in [-0.3, -0.25) is 0 Å². The highest BCUT2D eigenvalue weighted by Gasteiger charge is 2.22. The lowest BCUT2D eigenvalue weighted by Gasteiger charge is -2.32. The van der Waals surface area contributed by atoms with Gasteiger partial charge in [0.15, 0.2) is 0 Å². The van der Waals surface area contributed by atoms with E-state index in [1.165, 1.54) is 0 Å². The van der Waals surface area contributed by atoms with E-state index in [2.05, 4.69) is 39.0 Å². The van der Waals surface area contributed by atoms with Crippen LogP contribution in [-0.4, -0.2) is 61.4 Å². The monoisotopic (exact) mass is 294 g/mol.